The highest BCUT2D eigenvalue weighted by Crippen LogP contribution is 2.45. The summed E-state index contributed by atoms with van der Waals surface area (Å²) in [6.07, 6.45) is 1.55. The fourth-order valence-electron chi connectivity index (χ4n) is 11.6. The molecule has 5 unspecified atom stereocenters. The fraction of sp³-hybridized carbons (Fsp3) is 0.424. The van der Waals surface area contributed by atoms with Gasteiger partial charge in [-0.1, -0.05) is 78.8 Å². The van der Waals surface area contributed by atoms with Crippen LogP contribution >= 0.6 is 21.6 Å². The minimum absolute atomic E-state index is 0.0195. The van der Waals surface area contributed by atoms with Crippen molar-refractivity contribution in [3.8, 4) is 17.2 Å². The van der Waals surface area contributed by atoms with Crippen LogP contribution in [0.15, 0.2) is 91.0 Å². The number of hydrogen-bond acceptors (Lipinski definition) is 17. The summed E-state index contributed by atoms with van der Waals surface area (Å²) >= 11 is 0. The molecule has 0 radical (unpaired) electrons. The molecule has 0 bridgehead atoms. The predicted octanol–water partition coefficient (Wildman–Crippen LogP) is 8.86. The van der Waals surface area contributed by atoms with Crippen LogP contribution in [0.2, 0.25) is 0 Å². The molecule has 3 amide bonds. The third kappa shape index (κ3) is 13.6. The second-order valence-corrected chi connectivity index (χ2v) is 29.9. The molecule has 5 aromatic rings. The lowest BCUT2D eigenvalue weighted by molar-refractivity contribution is -0.118. The smallest absolute Gasteiger partial charge is 0.277 e. The van der Waals surface area contributed by atoms with Crippen LogP contribution in [0.5, 0.6) is 17.2 Å². The van der Waals surface area contributed by atoms with Gasteiger partial charge in [0.25, 0.3) is 42.2 Å². The summed E-state index contributed by atoms with van der Waals surface area (Å²) < 4.78 is 116. The van der Waals surface area contributed by atoms with Gasteiger partial charge in [-0.15, -0.1) is 0 Å². The minimum atomic E-state index is -4.46. The average Bonchev–Trinajstić information content (AvgIpc) is 2.14. The molecule has 0 aliphatic carbocycles. The number of nitrogens with one attached hydrogen (secondary N) is 1. The SMILES string of the molecule is CCC(=O)C(CC(C)SSC(C)CCC(=O)Nc1cc(COc2cc3c(cc2C)C(=O)N2c4ccccc4C[C@H]2C(S(=O)(=O)OC)C3)cc(COc2cc3c(cc2OC)C(=O)N2c4ccccc4C[C@H]2C(CS(=O)(=O)O)C3)c1)S(=O)(=O)OC. The maximum Gasteiger partial charge on any atom is 0.277 e. The van der Waals surface area contributed by atoms with Crippen LogP contribution in [0.3, 0.4) is 0 Å². The molecule has 4 aliphatic rings. The van der Waals surface area contributed by atoms with Gasteiger partial charge in [0.1, 0.15) is 29.5 Å². The number of carbonyl (C=O) groups excluding carboxylic acids is 4. The maximum atomic E-state index is 14.5. The van der Waals surface area contributed by atoms with E-state index in [9.17, 15) is 49.0 Å². The summed E-state index contributed by atoms with van der Waals surface area (Å²) in [6.45, 7) is 7.06. The molecule has 19 nitrogen and oxygen atoms in total. The molecule has 4 heterocycles. The Morgan fingerprint density at radius 1 is 0.687 bits per heavy atom. The number of Topliss-reactive ketones (excluding diaryl/α,β-unsaturated/α-hetero) is 1. The van der Waals surface area contributed by atoms with Crippen molar-refractivity contribution in [3.63, 3.8) is 0 Å². The van der Waals surface area contributed by atoms with E-state index in [1.807, 2.05) is 68.4 Å². The number of fused-ring (bicyclic) bond motifs is 8. The number of methoxy groups -OCH3 is 1. The molecule has 0 spiro atoms. The Bertz CT molecular complexity index is 3690. The van der Waals surface area contributed by atoms with Gasteiger partial charge in [0.05, 0.1) is 33.1 Å². The Morgan fingerprint density at radius 2 is 1.25 bits per heavy atom. The molecule has 0 saturated heterocycles. The summed E-state index contributed by atoms with van der Waals surface area (Å²) in [5.41, 5.74) is 6.91. The molecule has 83 heavy (non-hydrogen) atoms. The Balaban J connectivity index is 0.971. The van der Waals surface area contributed by atoms with Crippen molar-refractivity contribution in [2.75, 3.05) is 42.2 Å². The van der Waals surface area contributed by atoms with Crippen LogP contribution in [-0.4, -0.2) is 113 Å². The van der Waals surface area contributed by atoms with E-state index in [0.717, 1.165) is 25.3 Å². The summed E-state index contributed by atoms with van der Waals surface area (Å²) in [6, 6.07) is 25.5. The van der Waals surface area contributed by atoms with E-state index >= 15 is 0 Å². The van der Waals surface area contributed by atoms with Crippen molar-refractivity contribution in [1.82, 2.24) is 0 Å². The summed E-state index contributed by atoms with van der Waals surface area (Å²) in [7, 11) is -6.15. The number of anilines is 3. The minimum Gasteiger partial charge on any atom is -0.493 e. The second-order valence-electron chi connectivity index (χ2n) is 21.4. The first-order valence-electron chi connectivity index (χ1n) is 27.2. The van der Waals surface area contributed by atoms with Gasteiger partial charge in [0, 0.05) is 63.5 Å². The summed E-state index contributed by atoms with van der Waals surface area (Å²) in [4.78, 5) is 58.4. The number of aryl methyl sites for hydroxylation is 1. The molecule has 4 aliphatic heterocycles. The highest BCUT2D eigenvalue weighted by Gasteiger charge is 2.48. The fourth-order valence-corrected chi connectivity index (χ4v) is 17.6. The summed E-state index contributed by atoms with van der Waals surface area (Å²) in [5, 5.41) is 0.382. The Morgan fingerprint density at radius 3 is 1.86 bits per heavy atom. The van der Waals surface area contributed by atoms with Gasteiger partial charge in [0.2, 0.25) is 5.91 Å². The molecule has 0 aromatic heterocycles. The first-order valence-corrected chi connectivity index (χ1v) is 34.0. The lowest BCUT2D eigenvalue weighted by atomic mass is 9.91. The van der Waals surface area contributed by atoms with Crippen LogP contribution in [0, 0.1) is 12.8 Å². The van der Waals surface area contributed by atoms with E-state index in [4.69, 9.17) is 18.4 Å². The zero-order valence-corrected chi connectivity index (χ0v) is 51.1. The van der Waals surface area contributed by atoms with Crippen molar-refractivity contribution in [3.05, 3.63) is 141 Å². The van der Waals surface area contributed by atoms with E-state index < -0.39 is 70.4 Å². The molecule has 0 saturated carbocycles. The van der Waals surface area contributed by atoms with E-state index in [0.29, 0.717) is 81.0 Å². The van der Waals surface area contributed by atoms with Gasteiger partial charge in [0.15, 0.2) is 17.3 Å². The number of carbonyl (C=O) groups is 4. The second kappa shape index (κ2) is 25.3. The number of ketones is 1. The number of benzene rings is 5. The van der Waals surface area contributed by atoms with Crippen molar-refractivity contribution >= 4 is 92.5 Å². The first kappa shape index (κ1) is 61.6. The van der Waals surface area contributed by atoms with E-state index in [-0.39, 0.29) is 85.0 Å². The molecule has 444 valence electrons. The van der Waals surface area contributed by atoms with E-state index in [1.54, 1.807) is 60.0 Å². The average molecular weight is 1230 g/mol. The molecular formula is C59H67N3O16S5. The van der Waals surface area contributed by atoms with Gasteiger partial charge in [-0.05, 0) is 139 Å². The monoisotopic (exact) mass is 1230 g/mol. The normalized spacial score (nSPS) is 19.4. The predicted molar refractivity (Wildman–Crippen MR) is 319 cm³/mol. The highest BCUT2D eigenvalue weighted by atomic mass is 33.1. The van der Waals surface area contributed by atoms with Crippen LogP contribution < -0.4 is 29.3 Å². The standard InChI is InChI=1S/C59H67N3O16S5/c1-8-51(63)56(83(72,73)76-7)20-36(4)80-79-35(3)17-18-57(64)60-44-22-37(31-77-52-27-42-29-55(82(70,71)75-6)50-26-40-14-10-12-16-48(40)62(50)58(65)45(42)19-34(52)2)21-38(23-44)32-78-54-28-41-24-43(33-81(67,68)69)49-25-39-13-9-11-15-47(39)61(49)59(66)46(41)30-53(54)74-5/h9-16,19,21-23,27-28,30,35-36,43,49-50,55-56H,8,17-18,20,24-26,29,31-33H2,1-7H3,(H,60,64)(H,67,68,69)/t35?,36?,43?,49-,50-,55?,56?/m0/s1. The molecule has 0 fully saturated rings. The number of para-hydroxylation sites is 2. The lowest BCUT2D eigenvalue weighted by Gasteiger charge is -2.28. The zero-order valence-electron chi connectivity index (χ0n) is 47.0. The molecule has 2 N–H and O–H groups in total. The Hall–Kier alpha value is -5.99. The Labute approximate surface area is 492 Å². The third-order valence-electron chi connectivity index (χ3n) is 15.7. The summed E-state index contributed by atoms with van der Waals surface area (Å²) in [5.74, 6) is -1.76. The quantitative estimate of drug-likeness (QED) is 0.0332. The molecule has 7 atom stereocenters. The van der Waals surface area contributed by atoms with E-state index in [1.165, 1.54) is 28.7 Å². The van der Waals surface area contributed by atoms with Crippen molar-refractivity contribution in [2.24, 2.45) is 5.92 Å². The molecule has 5 aromatic carbocycles. The number of amides is 3. The highest BCUT2D eigenvalue weighted by molar-refractivity contribution is 8.77. The van der Waals surface area contributed by atoms with Gasteiger partial charge in [-0.2, -0.15) is 25.3 Å². The van der Waals surface area contributed by atoms with Crippen molar-refractivity contribution < 1.29 is 71.6 Å². The first-order chi connectivity index (χ1) is 39.4. The van der Waals surface area contributed by atoms with Gasteiger partial charge in [-0.25, -0.2) is 0 Å². The zero-order chi connectivity index (χ0) is 59.7. The van der Waals surface area contributed by atoms with Crippen molar-refractivity contribution in [2.45, 2.75) is 125 Å². The van der Waals surface area contributed by atoms with Crippen LogP contribution in [-0.2, 0) is 87.2 Å². The number of ether oxygens (including phenoxy) is 3. The Kier molecular flexibility index (Phi) is 18.8. The largest absolute Gasteiger partial charge is 0.493 e. The van der Waals surface area contributed by atoms with Crippen LogP contribution in [0.25, 0.3) is 0 Å². The molecular weight excluding hydrogens is 1170 g/mol. The number of hydrogen-bond donors (Lipinski definition) is 2. The maximum absolute atomic E-state index is 14.5. The lowest BCUT2D eigenvalue weighted by Crippen LogP contribution is -2.47. The van der Waals surface area contributed by atoms with Crippen LogP contribution in [0.1, 0.15) is 106 Å². The molecule has 9 rings (SSSR count). The van der Waals surface area contributed by atoms with Gasteiger partial charge in [-0.3, -0.25) is 32.1 Å². The molecule has 24 heteroatoms. The number of nitrogens with zero attached hydrogens (tertiary/aromatic N) is 2. The van der Waals surface area contributed by atoms with Crippen molar-refractivity contribution in [1.29, 1.82) is 0 Å². The topological polar surface area (TPSA) is 256 Å². The van der Waals surface area contributed by atoms with Gasteiger partial charge < -0.3 is 29.3 Å². The van der Waals surface area contributed by atoms with E-state index in [2.05, 4.69) is 9.50 Å². The third-order valence-corrected chi connectivity index (χ3v) is 23.4. The van der Waals surface area contributed by atoms with Gasteiger partial charge >= 0.3 is 0 Å². The number of rotatable bonds is 24. The van der Waals surface area contributed by atoms with Crippen LogP contribution in [0.4, 0.5) is 17.1 Å².